The zero-order valence-electron chi connectivity index (χ0n) is 14.5. The van der Waals surface area contributed by atoms with Crippen LogP contribution >= 0.6 is 0 Å². The van der Waals surface area contributed by atoms with Crippen LogP contribution in [-0.4, -0.2) is 25.5 Å². The number of carbonyl (C=O) groups excluding carboxylic acids is 2. The second-order valence-electron chi connectivity index (χ2n) is 6.40. The monoisotopic (exact) mass is 356 g/mol. The Labute approximate surface area is 151 Å². The Balaban J connectivity index is 1.53. The molecule has 0 spiro atoms. The van der Waals surface area contributed by atoms with Crippen LogP contribution < -0.4 is 15.4 Å². The van der Waals surface area contributed by atoms with E-state index < -0.39 is 5.41 Å². The minimum absolute atomic E-state index is 0.264. The van der Waals surface area contributed by atoms with Gasteiger partial charge in [0.1, 0.15) is 17.0 Å². The summed E-state index contributed by atoms with van der Waals surface area (Å²) in [5, 5.41) is 5.54. The lowest BCUT2D eigenvalue weighted by atomic mass is 10.0. The standard InChI is InChI=1S/C20H21FN2O3/c1-26-17-4-2-3-14(13-17)9-12-22-18(24)20(10-11-20)19(25)23-16-7-5-15(21)6-8-16/h2-8,13H,9-12H2,1H3,(H,22,24)(H,23,25). The molecule has 3 rings (SSSR count). The Hall–Kier alpha value is -2.89. The number of carbonyl (C=O) groups is 2. The summed E-state index contributed by atoms with van der Waals surface area (Å²) < 4.78 is 18.1. The van der Waals surface area contributed by atoms with Crippen LogP contribution in [0.2, 0.25) is 0 Å². The van der Waals surface area contributed by atoms with Crippen molar-refractivity contribution >= 4 is 17.5 Å². The number of halogens is 1. The second kappa shape index (κ2) is 7.56. The third-order valence-corrected chi connectivity index (χ3v) is 4.55. The molecule has 2 N–H and O–H groups in total. The fourth-order valence-electron chi connectivity index (χ4n) is 2.78. The van der Waals surface area contributed by atoms with Gasteiger partial charge in [-0.25, -0.2) is 4.39 Å². The fraction of sp³-hybridized carbons (Fsp3) is 0.300. The van der Waals surface area contributed by atoms with E-state index in [1.54, 1.807) is 7.11 Å². The van der Waals surface area contributed by atoms with E-state index in [4.69, 9.17) is 4.74 Å². The van der Waals surface area contributed by atoms with Gasteiger partial charge in [-0.1, -0.05) is 12.1 Å². The number of methoxy groups -OCH3 is 1. The summed E-state index contributed by atoms with van der Waals surface area (Å²) in [5.41, 5.74) is 0.514. The van der Waals surface area contributed by atoms with E-state index in [1.807, 2.05) is 24.3 Å². The van der Waals surface area contributed by atoms with Crippen molar-refractivity contribution in [2.24, 2.45) is 5.41 Å². The lowest BCUT2D eigenvalue weighted by molar-refractivity contribution is -0.134. The number of ether oxygens (including phenoxy) is 1. The Kier molecular flexibility index (Phi) is 5.21. The lowest BCUT2D eigenvalue weighted by Crippen LogP contribution is -2.40. The van der Waals surface area contributed by atoms with E-state index in [0.29, 0.717) is 31.5 Å². The molecule has 1 fully saturated rings. The quantitative estimate of drug-likeness (QED) is 0.750. The van der Waals surface area contributed by atoms with E-state index in [0.717, 1.165) is 11.3 Å². The maximum absolute atomic E-state index is 12.9. The minimum Gasteiger partial charge on any atom is -0.497 e. The van der Waals surface area contributed by atoms with Gasteiger partial charge in [0, 0.05) is 12.2 Å². The lowest BCUT2D eigenvalue weighted by Gasteiger charge is -2.15. The van der Waals surface area contributed by atoms with Crippen LogP contribution in [0.4, 0.5) is 10.1 Å². The summed E-state index contributed by atoms with van der Waals surface area (Å²) in [6.07, 6.45) is 1.69. The molecule has 0 bridgehead atoms. The number of hydrogen-bond acceptors (Lipinski definition) is 3. The van der Waals surface area contributed by atoms with Gasteiger partial charge in [0.15, 0.2) is 0 Å². The number of benzene rings is 2. The summed E-state index contributed by atoms with van der Waals surface area (Å²) in [6.45, 7) is 0.442. The fourth-order valence-corrected chi connectivity index (χ4v) is 2.78. The molecule has 0 radical (unpaired) electrons. The third kappa shape index (κ3) is 4.02. The highest BCUT2D eigenvalue weighted by Crippen LogP contribution is 2.46. The molecule has 0 aromatic heterocycles. The normalized spacial score (nSPS) is 14.4. The van der Waals surface area contributed by atoms with E-state index in [9.17, 15) is 14.0 Å². The third-order valence-electron chi connectivity index (χ3n) is 4.55. The molecule has 136 valence electrons. The first-order valence-corrected chi connectivity index (χ1v) is 8.52. The highest BCUT2D eigenvalue weighted by atomic mass is 19.1. The molecule has 26 heavy (non-hydrogen) atoms. The molecule has 2 aromatic rings. The largest absolute Gasteiger partial charge is 0.497 e. The highest BCUT2D eigenvalue weighted by Gasteiger charge is 2.56. The van der Waals surface area contributed by atoms with Gasteiger partial charge in [0.2, 0.25) is 11.8 Å². The molecule has 0 atom stereocenters. The molecule has 2 aromatic carbocycles. The zero-order valence-corrected chi connectivity index (χ0v) is 14.5. The highest BCUT2D eigenvalue weighted by molar-refractivity contribution is 6.13. The molecule has 1 saturated carbocycles. The summed E-state index contributed by atoms with van der Waals surface area (Å²) in [4.78, 5) is 24.9. The topological polar surface area (TPSA) is 67.4 Å². The van der Waals surface area contributed by atoms with Crippen LogP contribution in [0.15, 0.2) is 48.5 Å². The Morgan fingerprint density at radius 2 is 1.85 bits per heavy atom. The predicted molar refractivity (Wildman–Crippen MR) is 96.4 cm³/mol. The van der Waals surface area contributed by atoms with Crippen molar-refractivity contribution in [1.82, 2.24) is 5.32 Å². The van der Waals surface area contributed by atoms with Gasteiger partial charge in [0.25, 0.3) is 0 Å². The van der Waals surface area contributed by atoms with Crippen molar-refractivity contribution in [3.63, 3.8) is 0 Å². The van der Waals surface area contributed by atoms with Gasteiger partial charge in [-0.05, 0) is 61.2 Å². The summed E-state index contributed by atoms with van der Waals surface area (Å²) in [7, 11) is 1.61. The molecule has 0 aliphatic heterocycles. The van der Waals surface area contributed by atoms with Gasteiger partial charge in [-0.2, -0.15) is 0 Å². The number of hydrogen-bond donors (Lipinski definition) is 2. The van der Waals surface area contributed by atoms with Crippen LogP contribution in [0.5, 0.6) is 5.75 Å². The number of rotatable bonds is 7. The van der Waals surface area contributed by atoms with Crippen LogP contribution in [0.25, 0.3) is 0 Å². The predicted octanol–water partition coefficient (Wildman–Crippen LogP) is 2.91. The number of nitrogens with one attached hydrogen (secondary N) is 2. The van der Waals surface area contributed by atoms with Crippen LogP contribution in [-0.2, 0) is 16.0 Å². The SMILES string of the molecule is COc1cccc(CCNC(=O)C2(C(=O)Nc3ccc(F)cc3)CC2)c1. The van der Waals surface area contributed by atoms with E-state index >= 15 is 0 Å². The Morgan fingerprint density at radius 3 is 2.50 bits per heavy atom. The smallest absolute Gasteiger partial charge is 0.240 e. The minimum atomic E-state index is -1.01. The molecule has 6 heteroatoms. The number of amides is 2. The van der Waals surface area contributed by atoms with Gasteiger partial charge >= 0.3 is 0 Å². The van der Waals surface area contributed by atoms with Crippen LogP contribution in [0.1, 0.15) is 18.4 Å². The molecule has 0 unspecified atom stereocenters. The molecule has 1 aliphatic rings. The first-order valence-electron chi connectivity index (χ1n) is 8.52. The summed E-state index contributed by atoms with van der Waals surface area (Å²) >= 11 is 0. The average molecular weight is 356 g/mol. The number of anilines is 1. The van der Waals surface area contributed by atoms with Gasteiger partial charge in [-0.15, -0.1) is 0 Å². The van der Waals surface area contributed by atoms with Gasteiger partial charge < -0.3 is 15.4 Å². The van der Waals surface area contributed by atoms with E-state index in [1.165, 1.54) is 24.3 Å². The molecular formula is C20H21FN2O3. The van der Waals surface area contributed by atoms with Crippen molar-refractivity contribution < 1.29 is 18.7 Å². The average Bonchev–Trinajstić information content (AvgIpc) is 3.46. The van der Waals surface area contributed by atoms with Crippen molar-refractivity contribution in [2.45, 2.75) is 19.3 Å². The van der Waals surface area contributed by atoms with E-state index in [2.05, 4.69) is 10.6 Å². The molecule has 0 heterocycles. The molecular weight excluding hydrogens is 335 g/mol. The summed E-state index contributed by atoms with van der Waals surface area (Å²) in [6, 6.07) is 13.1. The second-order valence-corrected chi connectivity index (χ2v) is 6.40. The van der Waals surface area contributed by atoms with Crippen molar-refractivity contribution in [3.8, 4) is 5.75 Å². The Morgan fingerprint density at radius 1 is 1.12 bits per heavy atom. The van der Waals surface area contributed by atoms with Crippen molar-refractivity contribution in [1.29, 1.82) is 0 Å². The van der Waals surface area contributed by atoms with E-state index in [-0.39, 0.29) is 17.6 Å². The molecule has 2 amide bonds. The van der Waals surface area contributed by atoms with Gasteiger partial charge in [-0.3, -0.25) is 9.59 Å². The summed E-state index contributed by atoms with van der Waals surface area (Å²) in [5.74, 6) is -0.214. The van der Waals surface area contributed by atoms with Crippen molar-refractivity contribution in [2.75, 3.05) is 19.0 Å². The maximum atomic E-state index is 12.9. The first-order chi connectivity index (χ1) is 12.5. The molecule has 1 aliphatic carbocycles. The molecule has 0 saturated heterocycles. The Bertz CT molecular complexity index is 801. The van der Waals surface area contributed by atoms with Crippen molar-refractivity contribution in [3.05, 3.63) is 59.9 Å². The van der Waals surface area contributed by atoms with Crippen LogP contribution in [0.3, 0.4) is 0 Å². The van der Waals surface area contributed by atoms with Gasteiger partial charge in [0.05, 0.1) is 7.11 Å². The molecule has 5 nitrogen and oxygen atoms in total. The zero-order chi connectivity index (χ0) is 18.6. The van der Waals surface area contributed by atoms with Crippen LogP contribution in [0, 0.1) is 11.2 Å². The maximum Gasteiger partial charge on any atom is 0.240 e. The first kappa shape index (κ1) is 17.9.